The molecule has 0 bridgehead atoms. The van der Waals surface area contributed by atoms with Crippen molar-refractivity contribution in [3.8, 4) is 0 Å². The number of halogens is 1. The second kappa shape index (κ2) is 3.31. The predicted molar refractivity (Wildman–Crippen MR) is 50.5 cm³/mol. The second-order valence-corrected chi connectivity index (χ2v) is 2.99. The highest BCUT2D eigenvalue weighted by molar-refractivity contribution is 6.17. The molecule has 2 aromatic rings. The van der Waals surface area contributed by atoms with Crippen molar-refractivity contribution in [2.45, 2.75) is 5.88 Å². The summed E-state index contributed by atoms with van der Waals surface area (Å²) in [4.78, 5) is 14.4. The number of nitrogens with zero attached hydrogens (tertiary/aromatic N) is 1. The highest BCUT2D eigenvalue weighted by atomic mass is 35.5. The number of para-hydroxylation sites is 1. The number of aromatic nitrogens is 1. The molecule has 0 radical (unpaired) electrons. The number of benzene rings is 1. The maximum Gasteiger partial charge on any atom is 0.392 e. The summed E-state index contributed by atoms with van der Waals surface area (Å²) in [6, 6.07) is 5.21. The van der Waals surface area contributed by atoms with Gasteiger partial charge in [-0.2, -0.15) is 0 Å². The van der Waals surface area contributed by atoms with Gasteiger partial charge in [-0.25, -0.2) is 9.78 Å². The van der Waals surface area contributed by atoms with E-state index in [-0.39, 0.29) is 11.8 Å². The van der Waals surface area contributed by atoms with Gasteiger partial charge in [-0.05, 0) is 6.07 Å². The van der Waals surface area contributed by atoms with Crippen LogP contribution < -0.4 is 0 Å². The van der Waals surface area contributed by atoms with Gasteiger partial charge < -0.3 is 9.52 Å². The third kappa shape index (κ3) is 1.33. The van der Waals surface area contributed by atoms with Crippen molar-refractivity contribution in [2.75, 3.05) is 0 Å². The van der Waals surface area contributed by atoms with Gasteiger partial charge >= 0.3 is 11.9 Å². The summed E-state index contributed by atoms with van der Waals surface area (Å²) in [5.74, 6) is -1.22. The van der Waals surface area contributed by atoms with Gasteiger partial charge in [-0.15, -0.1) is 11.6 Å². The summed E-state index contributed by atoms with van der Waals surface area (Å²) >= 11 is 5.66. The molecule has 4 nitrogen and oxygen atoms in total. The Kier molecular flexibility index (Phi) is 2.13. The third-order valence-electron chi connectivity index (χ3n) is 1.82. The number of aromatic carboxylic acids is 1. The van der Waals surface area contributed by atoms with Gasteiger partial charge in [0, 0.05) is 5.56 Å². The summed E-state index contributed by atoms with van der Waals surface area (Å²) < 4.78 is 5.06. The van der Waals surface area contributed by atoms with Crippen molar-refractivity contribution >= 4 is 28.7 Å². The topological polar surface area (TPSA) is 63.3 Å². The van der Waals surface area contributed by atoms with E-state index >= 15 is 0 Å². The maximum absolute atomic E-state index is 10.6. The highest BCUT2D eigenvalue weighted by Gasteiger charge is 2.14. The molecule has 0 aliphatic rings. The van der Waals surface area contributed by atoms with E-state index in [0.717, 1.165) is 5.56 Å². The van der Waals surface area contributed by atoms with Crippen LogP contribution in [0, 0.1) is 0 Å². The van der Waals surface area contributed by atoms with Gasteiger partial charge in [0.15, 0.2) is 5.58 Å². The Balaban J connectivity index is 2.70. The molecular weight excluding hydrogens is 206 g/mol. The number of fused-ring (bicyclic) bond motifs is 1. The Labute approximate surface area is 84.1 Å². The van der Waals surface area contributed by atoms with Gasteiger partial charge in [-0.3, -0.25) is 0 Å². The molecule has 0 fully saturated rings. The molecule has 0 unspecified atom stereocenters. The first-order chi connectivity index (χ1) is 6.72. The number of carboxylic acids is 1. The SMILES string of the molecule is O=C(O)c1nc2cccc(CCl)c2o1. The molecule has 0 aliphatic heterocycles. The van der Waals surface area contributed by atoms with Crippen LogP contribution >= 0.6 is 11.6 Å². The first kappa shape index (κ1) is 9.02. The lowest BCUT2D eigenvalue weighted by atomic mass is 10.2. The minimum Gasteiger partial charge on any atom is -0.474 e. The van der Waals surface area contributed by atoms with Crippen LogP contribution in [-0.4, -0.2) is 16.1 Å². The summed E-state index contributed by atoms with van der Waals surface area (Å²) in [5.41, 5.74) is 1.70. The summed E-state index contributed by atoms with van der Waals surface area (Å²) in [6.07, 6.45) is 0. The first-order valence-corrected chi connectivity index (χ1v) is 4.43. The quantitative estimate of drug-likeness (QED) is 0.774. The fourth-order valence-corrected chi connectivity index (χ4v) is 1.41. The van der Waals surface area contributed by atoms with Crippen LogP contribution in [0.4, 0.5) is 0 Å². The van der Waals surface area contributed by atoms with E-state index in [0.29, 0.717) is 11.1 Å². The van der Waals surface area contributed by atoms with E-state index in [1.807, 2.05) is 0 Å². The van der Waals surface area contributed by atoms with Gasteiger partial charge in [0.2, 0.25) is 0 Å². The number of rotatable bonds is 2. The van der Waals surface area contributed by atoms with Crippen molar-refractivity contribution in [3.05, 3.63) is 29.7 Å². The van der Waals surface area contributed by atoms with Crippen molar-refractivity contribution in [1.29, 1.82) is 0 Å². The Morgan fingerprint density at radius 1 is 1.57 bits per heavy atom. The smallest absolute Gasteiger partial charge is 0.392 e. The van der Waals surface area contributed by atoms with Crippen molar-refractivity contribution < 1.29 is 14.3 Å². The molecule has 0 spiro atoms. The lowest BCUT2D eigenvalue weighted by molar-refractivity contribution is 0.0656. The summed E-state index contributed by atoms with van der Waals surface area (Å²) in [6.45, 7) is 0. The molecule has 1 aromatic heterocycles. The Bertz CT molecular complexity index is 492. The number of hydrogen-bond donors (Lipinski definition) is 1. The van der Waals surface area contributed by atoms with Gasteiger partial charge in [0.1, 0.15) is 5.52 Å². The summed E-state index contributed by atoms with van der Waals surface area (Å²) in [5, 5.41) is 8.66. The third-order valence-corrected chi connectivity index (χ3v) is 2.11. The largest absolute Gasteiger partial charge is 0.474 e. The van der Waals surface area contributed by atoms with Gasteiger partial charge in [-0.1, -0.05) is 12.1 Å². The molecule has 0 saturated carbocycles. The zero-order valence-corrected chi connectivity index (χ0v) is 7.78. The fourth-order valence-electron chi connectivity index (χ4n) is 1.20. The van der Waals surface area contributed by atoms with Gasteiger partial charge in [0.05, 0.1) is 5.88 Å². The van der Waals surface area contributed by atoms with E-state index in [1.54, 1.807) is 18.2 Å². The average Bonchev–Trinajstić information content (AvgIpc) is 2.60. The number of alkyl halides is 1. The fraction of sp³-hybridized carbons (Fsp3) is 0.111. The van der Waals surface area contributed by atoms with Gasteiger partial charge in [0.25, 0.3) is 0 Å². The predicted octanol–water partition coefficient (Wildman–Crippen LogP) is 2.26. The highest BCUT2D eigenvalue weighted by Crippen LogP contribution is 2.21. The molecule has 5 heteroatoms. The number of hydrogen-bond acceptors (Lipinski definition) is 3. The van der Waals surface area contributed by atoms with Crippen molar-refractivity contribution in [3.63, 3.8) is 0 Å². The molecular formula is C9H6ClNO3. The monoisotopic (exact) mass is 211 g/mol. The van der Waals surface area contributed by atoms with Crippen molar-refractivity contribution in [2.24, 2.45) is 0 Å². The van der Waals surface area contributed by atoms with E-state index in [4.69, 9.17) is 21.1 Å². The van der Waals surface area contributed by atoms with Crippen LogP contribution in [0.3, 0.4) is 0 Å². The average molecular weight is 212 g/mol. The standard InChI is InChI=1S/C9H6ClNO3/c10-4-5-2-1-3-6-7(5)14-8(11-6)9(12)13/h1-3H,4H2,(H,12,13). The zero-order chi connectivity index (χ0) is 10.1. The lowest BCUT2D eigenvalue weighted by Crippen LogP contribution is -1.94. The zero-order valence-electron chi connectivity index (χ0n) is 7.03. The molecule has 0 saturated heterocycles. The van der Waals surface area contributed by atoms with Crippen molar-refractivity contribution in [1.82, 2.24) is 4.98 Å². The summed E-state index contributed by atoms with van der Waals surface area (Å²) in [7, 11) is 0. The molecule has 1 N–H and O–H groups in total. The minimum atomic E-state index is -1.18. The van der Waals surface area contributed by atoms with Crippen LogP contribution in [0.5, 0.6) is 0 Å². The number of carbonyl (C=O) groups is 1. The molecule has 14 heavy (non-hydrogen) atoms. The first-order valence-electron chi connectivity index (χ1n) is 3.90. The van der Waals surface area contributed by atoms with E-state index < -0.39 is 5.97 Å². The van der Waals surface area contributed by atoms with E-state index in [2.05, 4.69) is 4.98 Å². The lowest BCUT2D eigenvalue weighted by Gasteiger charge is -1.93. The number of carboxylic acid groups (broad SMARTS) is 1. The molecule has 1 heterocycles. The molecule has 2 rings (SSSR count). The van der Waals surface area contributed by atoms with Crippen LogP contribution in [0.1, 0.15) is 16.2 Å². The maximum atomic E-state index is 10.6. The Morgan fingerprint density at radius 2 is 2.36 bits per heavy atom. The molecule has 1 aromatic carbocycles. The van der Waals surface area contributed by atoms with E-state index in [9.17, 15) is 4.79 Å². The van der Waals surface area contributed by atoms with Crippen LogP contribution in [0.25, 0.3) is 11.1 Å². The molecule has 0 aliphatic carbocycles. The minimum absolute atomic E-state index is 0.269. The van der Waals surface area contributed by atoms with Crippen LogP contribution in [0.15, 0.2) is 22.6 Å². The Morgan fingerprint density at radius 3 is 3.00 bits per heavy atom. The van der Waals surface area contributed by atoms with Crippen LogP contribution in [-0.2, 0) is 5.88 Å². The normalized spacial score (nSPS) is 10.6. The van der Waals surface area contributed by atoms with E-state index in [1.165, 1.54) is 0 Å². The Hall–Kier alpha value is -1.55. The van der Waals surface area contributed by atoms with Crippen LogP contribution in [0.2, 0.25) is 0 Å². The second-order valence-electron chi connectivity index (χ2n) is 2.72. The molecule has 0 atom stereocenters. The number of oxazole rings is 1. The molecule has 0 amide bonds. The molecule has 72 valence electrons.